The van der Waals surface area contributed by atoms with Crippen LogP contribution in [0.2, 0.25) is 0 Å². The van der Waals surface area contributed by atoms with E-state index in [1.165, 1.54) is 23.3 Å². The lowest BCUT2D eigenvalue weighted by atomic mass is 9.94. The van der Waals surface area contributed by atoms with Gasteiger partial charge in [-0.25, -0.2) is 0 Å². The molecule has 21 heavy (non-hydrogen) atoms. The van der Waals surface area contributed by atoms with Gasteiger partial charge in [0.25, 0.3) is 0 Å². The molecule has 0 bridgehead atoms. The summed E-state index contributed by atoms with van der Waals surface area (Å²) in [6, 6.07) is 15.2. The van der Waals surface area contributed by atoms with Crippen molar-refractivity contribution >= 4 is 11.3 Å². The van der Waals surface area contributed by atoms with Crippen LogP contribution in [0.1, 0.15) is 16.9 Å². The Morgan fingerprint density at radius 3 is 2.71 bits per heavy atom. The molecule has 2 aromatic rings. The Hall–Kier alpha value is -1.16. The Morgan fingerprint density at radius 2 is 2.00 bits per heavy atom. The zero-order valence-electron chi connectivity index (χ0n) is 12.8. The van der Waals surface area contributed by atoms with Gasteiger partial charge in [0, 0.05) is 18.5 Å². The zero-order valence-corrected chi connectivity index (χ0v) is 13.6. The Balaban J connectivity index is 1.83. The third kappa shape index (κ3) is 6.42. The van der Waals surface area contributed by atoms with Crippen LogP contribution in [0, 0.1) is 5.92 Å². The fraction of sp³-hybridized carbons (Fsp3) is 0.444. The molecule has 0 aliphatic heterocycles. The summed E-state index contributed by atoms with van der Waals surface area (Å²) in [5.41, 5.74) is 1.43. The maximum Gasteiger partial charge on any atom is 0.0587 e. The number of rotatable bonds is 10. The Bertz CT molecular complexity index is 469. The number of aryl methyl sites for hydroxylation is 1. The van der Waals surface area contributed by atoms with E-state index in [0.717, 1.165) is 26.1 Å². The highest BCUT2D eigenvalue weighted by molar-refractivity contribution is 7.09. The predicted octanol–water partition coefficient (Wildman–Crippen LogP) is 3.78. The van der Waals surface area contributed by atoms with Gasteiger partial charge in [-0.3, -0.25) is 0 Å². The molecule has 0 saturated carbocycles. The van der Waals surface area contributed by atoms with Crippen LogP contribution in [0.5, 0.6) is 0 Å². The summed E-state index contributed by atoms with van der Waals surface area (Å²) in [5, 5.41) is 5.68. The smallest absolute Gasteiger partial charge is 0.0587 e. The average molecular weight is 303 g/mol. The van der Waals surface area contributed by atoms with Crippen molar-refractivity contribution in [1.82, 2.24) is 5.32 Å². The molecule has 1 aromatic heterocycles. The van der Waals surface area contributed by atoms with Gasteiger partial charge in [-0.15, -0.1) is 11.3 Å². The van der Waals surface area contributed by atoms with Gasteiger partial charge in [0.15, 0.2) is 0 Å². The van der Waals surface area contributed by atoms with Crippen molar-refractivity contribution in [2.24, 2.45) is 5.92 Å². The molecule has 0 radical (unpaired) electrons. The second-order valence-electron chi connectivity index (χ2n) is 5.37. The molecule has 0 aliphatic carbocycles. The van der Waals surface area contributed by atoms with Crippen LogP contribution < -0.4 is 5.32 Å². The number of hydrogen-bond donors (Lipinski definition) is 1. The van der Waals surface area contributed by atoms with Crippen molar-refractivity contribution in [3.63, 3.8) is 0 Å². The highest BCUT2D eigenvalue weighted by atomic mass is 32.1. The molecule has 0 fully saturated rings. The van der Waals surface area contributed by atoms with E-state index >= 15 is 0 Å². The van der Waals surface area contributed by atoms with Gasteiger partial charge in [-0.2, -0.15) is 0 Å². The van der Waals surface area contributed by atoms with Crippen molar-refractivity contribution in [3.8, 4) is 0 Å². The Labute approximate surface area is 132 Å². The van der Waals surface area contributed by atoms with E-state index in [0.29, 0.717) is 5.92 Å². The number of benzene rings is 1. The maximum absolute atomic E-state index is 5.10. The Kier molecular flexibility index (Phi) is 7.50. The minimum atomic E-state index is 0.673. The van der Waals surface area contributed by atoms with Crippen molar-refractivity contribution in [1.29, 1.82) is 0 Å². The molecule has 2 nitrogen and oxygen atoms in total. The van der Waals surface area contributed by atoms with Crippen molar-refractivity contribution < 1.29 is 4.74 Å². The van der Waals surface area contributed by atoms with E-state index in [1.54, 1.807) is 7.11 Å². The molecule has 2 rings (SSSR count). The van der Waals surface area contributed by atoms with Crippen LogP contribution >= 0.6 is 11.3 Å². The maximum atomic E-state index is 5.10. The molecule has 1 atom stereocenters. The van der Waals surface area contributed by atoms with Gasteiger partial charge in [0.05, 0.1) is 6.61 Å². The standard InChI is InChI=1S/C18H25NOS/c1-20-12-11-19-15-17(9-10-18-8-5-13-21-18)14-16-6-3-2-4-7-16/h2-8,13,17,19H,9-12,14-15H2,1H3. The van der Waals surface area contributed by atoms with E-state index in [9.17, 15) is 0 Å². The molecule has 1 heterocycles. The normalized spacial score (nSPS) is 12.4. The van der Waals surface area contributed by atoms with Gasteiger partial charge in [-0.05, 0) is 48.7 Å². The molecule has 114 valence electrons. The summed E-state index contributed by atoms with van der Waals surface area (Å²) >= 11 is 1.86. The zero-order chi connectivity index (χ0) is 14.8. The molecule has 0 saturated heterocycles. The van der Waals surface area contributed by atoms with Crippen molar-refractivity contribution in [3.05, 3.63) is 58.3 Å². The lowest BCUT2D eigenvalue weighted by Gasteiger charge is -2.17. The molecule has 0 amide bonds. The molecular weight excluding hydrogens is 278 g/mol. The topological polar surface area (TPSA) is 21.3 Å². The second-order valence-corrected chi connectivity index (χ2v) is 6.40. The third-order valence-corrected chi connectivity index (χ3v) is 4.60. The SMILES string of the molecule is COCCNCC(CCc1cccs1)Cc1ccccc1. The molecular formula is C18H25NOS. The summed E-state index contributed by atoms with van der Waals surface area (Å²) in [6.07, 6.45) is 3.56. The fourth-order valence-corrected chi connectivity index (χ4v) is 3.23. The van der Waals surface area contributed by atoms with Gasteiger partial charge in [0.1, 0.15) is 0 Å². The molecule has 1 unspecified atom stereocenters. The number of thiophene rings is 1. The first-order chi connectivity index (χ1) is 10.4. The molecule has 1 N–H and O–H groups in total. The number of nitrogens with one attached hydrogen (secondary N) is 1. The first-order valence-corrected chi connectivity index (χ1v) is 8.52. The van der Waals surface area contributed by atoms with Crippen LogP contribution in [0.25, 0.3) is 0 Å². The predicted molar refractivity (Wildman–Crippen MR) is 91.0 cm³/mol. The minimum Gasteiger partial charge on any atom is -0.383 e. The lowest BCUT2D eigenvalue weighted by Crippen LogP contribution is -2.27. The third-order valence-electron chi connectivity index (χ3n) is 3.66. The van der Waals surface area contributed by atoms with E-state index in [-0.39, 0.29) is 0 Å². The monoisotopic (exact) mass is 303 g/mol. The van der Waals surface area contributed by atoms with Crippen molar-refractivity contribution in [2.45, 2.75) is 19.3 Å². The molecule has 0 spiro atoms. The second kappa shape index (κ2) is 9.72. The van der Waals surface area contributed by atoms with Crippen LogP contribution in [0.3, 0.4) is 0 Å². The van der Waals surface area contributed by atoms with Crippen LogP contribution in [0.4, 0.5) is 0 Å². The van der Waals surface area contributed by atoms with Gasteiger partial charge in [-0.1, -0.05) is 36.4 Å². The summed E-state index contributed by atoms with van der Waals surface area (Å²) in [4.78, 5) is 1.49. The van der Waals surface area contributed by atoms with Gasteiger partial charge >= 0.3 is 0 Å². The minimum absolute atomic E-state index is 0.673. The highest BCUT2D eigenvalue weighted by Gasteiger charge is 2.10. The van der Waals surface area contributed by atoms with Crippen LogP contribution in [-0.2, 0) is 17.6 Å². The van der Waals surface area contributed by atoms with E-state index in [1.807, 2.05) is 11.3 Å². The van der Waals surface area contributed by atoms with Crippen LogP contribution in [0.15, 0.2) is 47.8 Å². The summed E-state index contributed by atoms with van der Waals surface area (Å²) in [6.45, 7) is 2.77. The average Bonchev–Trinajstić information content (AvgIpc) is 3.03. The molecule has 1 aromatic carbocycles. The largest absolute Gasteiger partial charge is 0.383 e. The highest BCUT2D eigenvalue weighted by Crippen LogP contribution is 2.18. The number of ether oxygens (including phenoxy) is 1. The van der Waals surface area contributed by atoms with Crippen molar-refractivity contribution in [2.75, 3.05) is 26.8 Å². The number of methoxy groups -OCH3 is 1. The molecule has 0 aliphatic rings. The Morgan fingerprint density at radius 1 is 1.14 bits per heavy atom. The summed E-state index contributed by atoms with van der Waals surface area (Å²) < 4.78 is 5.10. The van der Waals surface area contributed by atoms with E-state index < -0.39 is 0 Å². The van der Waals surface area contributed by atoms with Crippen LogP contribution in [-0.4, -0.2) is 26.8 Å². The first kappa shape index (κ1) is 16.2. The molecule has 3 heteroatoms. The first-order valence-electron chi connectivity index (χ1n) is 7.64. The fourth-order valence-electron chi connectivity index (χ4n) is 2.51. The summed E-state index contributed by atoms with van der Waals surface area (Å²) in [7, 11) is 1.75. The van der Waals surface area contributed by atoms with E-state index in [2.05, 4.69) is 53.2 Å². The lowest BCUT2D eigenvalue weighted by molar-refractivity contribution is 0.197. The number of hydrogen-bond acceptors (Lipinski definition) is 3. The summed E-state index contributed by atoms with van der Waals surface area (Å²) in [5.74, 6) is 0.673. The quantitative estimate of drug-likeness (QED) is 0.675. The van der Waals surface area contributed by atoms with Gasteiger partial charge in [0.2, 0.25) is 0 Å². The van der Waals surface area contributed by atoms with E-state index in [4.69, 9.17) is 4.74 Å². The van der Waals surface area contributed by atoms with Gasteiger partial charge < -0.3 is 10.1 Å².